The summed E-state index contributed by atoms with van der Waals surface area (Å²) in [5, 5.41) is 3.58. The molecular formula is C16H17ClN2O. The average Bonchev–Trinajstić information content (AvgIpc) is 2.38. The smallest absolute Gasteiger partial charge is 0.252 e. The Morgan fingerprint density at radius 3 is 2.60 bits per heavy atom. The van der Waals surface area contributed by atoms with Gasteiger partial charge >= 0.3 is 0 Å². The number of amides is 1. The maximum absolute atomic E-state index is 12.3. The molecule has 104 valence electrons. The number of halogens is 1. The third-order valence-corrected chi connectivity index (χ3v) is 3.48. The Morgan fingerprint density at radius 1 is 1.25 bits per heavy atom. The van der Waals surface area contributed by atoms with Gasteiger partial charge in [-0.15, -0.1) is 0 Å². The third-order valence-electron chi connectivity index (χ3n) is 3.24. The van der Waals surface area contributed by atoms with E-state index in [9.17, 15) is 4.79 Å². The fourth-order valence-electron chi connectivity index (χ4n) is 2.14. The van der Waals surface area contributed by atoms with E-state index in [1.54, 1.807) is 18.2 Å². The number of para-hydroxylation sites is 1. The average molecular weight is 289 g/mol. The number of nitrogen functional groups attached to an aromatic ring is 1. The zero-order chi connectivity index (χ0) is 14.7. The van der Waals surface area contributed by atoms with Crippen LogP contribution in [0, 0.1) is 6.92 Å². The lowest BCUT2D eigenvalue weighted by Crippen LogP contribution is -2.27. The molecule has 0 saturated heterocycles. The van der Waals surface area contributed by atoms with E-state index in [0.717, 1.165) is 11.1 Å². The van der Waals surface area contributed by atoms with Crippen molar-refractivity contribution in [2.45, 2.75) is 19.9 Å². The van der Waals surface area contributed by atoms with Crippen molar-refractivity contribution in [3.05, 3.63) is 64.2 Å². The van der Waals surface area contributed by atoms with Crippen molar-refractivity contribution in [3.8, 4) is 0 Å². The van der Waals surface area contributed by atoms with Crippen LogP contribution in [0.5, 0.6) is 0 Å². The minimum Gasteiger partial charge on any atom is -0.398 e. The van der Waals surface area contributed by atoms with Gasteiger partial charge in [0, 0.05) is 16.3 Å². The molecule has 0 heterocycles. The van der Waals surface area contributed by atoms with Crippen LogP contribution in [0.4, 0.5) is 5.69 Å². The number of rotatable bonds is 3. The minimum absolute atomic E-state index is 0.130. The Morgan fingerprint density at radius 2 is 1.95 bits per heavy atom. The number of hydrogen-bond acceptors (Lipinski definition) is 2. The first-order valence-electron chi connectivity index (χ1n) is 6.40. The normalized spacial score (nSPS) is 11.9. The topological polar surface area (TPSA) is 55.1 Å². The van der Waals surface area contributed by atoms with Gasteiger partial charge in [-0.05, 0) is 49.2 Å². The van der Waals surface area contributed by atoms with Crippen LogP contribution in [0.1, 0.15) is 34.5 Å². The van der Waals surface area contributed by atoms with Gasteiger partial charge in [0.15, 0.2) is 0 Å². The van der Waals surface area contributed by atoms with E-state index in [1.807, 2.05) is 38.1 Å². The first-order chi connectivity index (χ1) is 9.49. The van der Waals surface area contributed by atoms with Crippen molar-refractivity contribution in [3.63, 3.8) is 0 Å². The van der Waals surface area contributed by atoms with E-state index in [1.165, 1.54) is 0 Å². The SMILES string of the molecule is Cc1cc(Cl)ccc1C(=O)NC(C)c1ccccc1N. The first-order valence-corrected chi connectivity index (χ1v) is 6.78. The van der Waals surface area contributed by atoms with E-state index in [-0.39, 0.29) is 11.9 Å². The molecule has 0 radical (unpaired) electrons. The molecule has 0 spiro atoms. The van der Waals surface area contributed by atoms with Crippen molar-refractivity contribution in [1.82, 2.24) is 5.32 Å². The van der Waals surface area contributed by atoms with E-state index in [2.05, 4.69) is 5.32 Å². The van der Waals surface area contributed by atoms with E-state index in [0.29, 0.717) is 16.3 Å². The van der Waals surface area contributed by atoms with Gasteiger partial charge in [0.2, 0.25) is 0 Å². The highest BCUT2D eigenvalue weighted by Crippen LogP contribution is 2.21. The molecule has 1 amide bonds. The highest BCUT2D eigenvalue weighted by Gasteiger charge is 2.14. The van der Waals surface area contributed by atoms with Crippen LogP contribution in [-0.4, -0.2) is 5.91 Å². The summed E-state index contributed by atoms with van der Waals surface area (Å²) in [6.45, 7) is 3.77. The second-order valence-electron chi connectivity index (χ2n) is 4.78. The monoisotopic (exact) mass is 288 g/mol. The van der Waals surface area contributed by atoms with Crippen LogP contribution in [-0.2, 0) is 0 Å². The predicted molar refractivity (Wildman–Crippen MR) is 82.9 cm³/mol. The van der Waals surface area contributed by atoms with Gasteiger partial charge in [0.1, 0.15) is 0 Å². The van der Waals surface area contributed by atoms with Crippen LogP contribution in [0.2, 0.25) is 5.02 Å². The summed E-state index contributed by atoms with van der Waals surface area (Å²) < 4.78 is 0. The number of carbonyl (C=O) groups excluding carboxylic acids is 1. The second-order valence-corrected chi connectivity index (χ2v) is 5.22. The molecule has 1 unspecified atom stereocenters. The molecule has 0 aliphatic rings. The van der Waals surface area contributed by atoms with Gasteiger partial charge in [-0.2, -0.15) is 0 Å². The van der Waals surface area contributed by atoms with Crippen LogP contribution in [0.25, 0.3) is 0 Å². The van der Waals surface area contributed by atoms with Gasteiger partial charge in [0.05, 0.1) is 6.04 Å². The highest BCUT2D eigenvalue weighted by atomic mass is 35.5. The predicted octanol–water partition coefficient (Wildman–Crippen LogP) is 3.72. The van der Waals surface area contributed by atoms with Crippen molar-refractivity contribution < 1.29 is 4.79 Å². The number of hydrogen-bond donors (Lipinski definition) is 2. The molecule has 1 atom stereocenters. The summed E-state index contributed by atoms with van der Waals surface area (Å²) in [7, 11) is 0. The van der Waals surface area contributed by atoms with Crippen LogP contribution >= 0.6 is 11.6 Å². The summed E-state index contributed by atoms with van der Waals surface area (Å²) in [5.41, 5.74) is 8.97. The van der Waals surface area contributed by atoms with Gasteiger partial charge in [-0.3, -0.25) is 4.79 Å². The van der Waals surface area contributed by atoms with Gasteiger partial charge in [0.25, 0.3) is 5.91 Å². The molecule has 2 aromatic carbocycles. The maximum Gasteiger partial charge on any atom is 0.252 e. The molecule has 0 aromatic heterocycles. The minimum atomic E-state index is -0.154. The molecule has 20 heavy (non-hydrogen) atoms. The zero-order valence-corrected chi connectivity index (χ0v) is 12.2. The molecule has 4 heteroatoms. The molecule has 0 saturated carbocycles. The lowest BCUT2D eigenvalue weighted by Gasteiger charge is -2.17. The molecule has 3 N–H and O–H groups in total. The van der Waals surface area contributed by atoms with Crippen LogP contribution < -0.4 is 11.1 Å². The fraction of sp³-hybridized carbons (Fsp3) is 0.188. The van der Waals surface area contributed by atoms with Crippen LogP contribution in [0.15, 0.2) is 42.5 Å². The molecule has 0 bridgehead atoms. The van der Waals surface area contributed by atoms with Crippen molar-refractivity contribution in [1.29, 1.82) is 0 Å². The van der Waals surface area contributed by atoms with E-state index < -0.39 is 0 Å². The third kappa shape index (κ3) is 3.11. The lowest BCUT2D eigenvalue weighted by atomic mass is 10.0. The number of aryl methyl sites for hydroxylation is 1. The Labute approximate surface area is 123 Å². The van der Waals surface area contributed by atoms with Crippen molar-refractivity contribution in [2.24, 2.45) is 0 Å². The highest BCUT2D eigenvalue weighted by molar-refractivity contribution is 6.30. The van der Waals surface area contributed by atoms with Gasteiger partial charge < -0.3 is 11.1 Å². The number of anilines is 1. The summed E-state index contributed by atoms with van der Waals surface area (Å²) in [6.07, 6.45) is 0. The number of nitrogens with one attached hydrogen (secondary N) is 1. The van der Waals surface area contributed by atoms with Gasteiger partial charge in [-0.25, -0.2) is 0 Å². The Hall–Kier alpha value is -2.00. The lowest BCUT2D eigenvalue weighted by molar-refractivity contribution is 0.0939. The van der Waals surface area contributed by atoms with Gasteiger partial charge in [-0.1, -0.05) is 29.8 Å². The van der Waals surface area contributed by atoms with Crippen molar-refractivity contribution in [2.75, 3.05) is 5.73 Å². The number of carbonyl (C=O) groups is 1. The van der Waals surface area contributed by atoms with E-state index >= 15 is 0 Å². The molecule has 3 nitrogen and oxygen atoms in total. The fourth-order valence-corrected chi connectivity index (χ4v) is 2.37. The summed E-state index contributed by atoms with van der Waals surface area (Å²) in [6, 6.07) is 12.6. The Bertz CT molecular complexity index is 640. The van der Waals surface area contributed by atoms with Crippen LogP contribution in [0.3, 0.4) is 0 Å². The summed E-state index contributed by atoms with van der Waals surface area (Å²) >= 11 is 5.90. The molecule has 2 aromatic rings. The second kappa shape index (κ2) is 5.97. The summed E-state index contributed by atoms with van der Waals surface area (Å²) in [4.78, 5) is 12.3. The molecule has 0 aliphatic carbocycles. The Kier molecular flexibility index (Phi) is 4.30. The first kappa shape index (κ1) is 14.4. The number of nitrogens with two attached hydrogens (primary N) is 1. The standard InChI is InChI=1S/C16H17ClN2O/c1-10-9-12(17)7-8-13(10)16(20)19-11(2)14-5-3-4-6-15(14)18/h3-9,11H,18H2,1-2H3,(H,19,20). The quantitative estimate of drug-likeness (QED) is 0.846. The molecule has 0 aliphatic heterocycles. The Balaban J connectivity index is 2.17. The zero-order valence-electron chi connectivity index (χ0n) is 11.5. The molecular weight excluding hydrogens is 272 g/mol. The van der Waals surface area contributed by atoms with E-state index in [4.69, 9.17) is 17.3 Å². The molecule has 0 fully saturated rings. The maximum atomic E-state index is 12.3. The summed E-state index contributed by atoms with van der Waals surface area (Å²) in [5.74, 6) is -0.130. The largest absolute Gasteiger partial charge is 0.398 e. The molecule has 2 rings (SSSR count). The van der Waals surface area contributed by atoms with Crippen molar-refractivity contribution >= 4 is 23.2 Å². The number of benzene rings is 2.